The molecule has 0 atom stereocenters. The van der Waals surface area contributed by atoms with E-state index in [1.54, 1.807) is 18.3 Å². The van der Waals surface area contributed by atoms with E-state index in [0.717, 1.165) is 5.69 Å². The van der Waals surface area contributed by atoms with E-state index in [-0.39, 0.29) is 10.7 Å². The van der Waals surface area contributed by atoms with Gasteiger partial charge in [-0.25, -0.2) is 0 Å². The van der Waals surface area contributed by atoms with E-state index in [9.17, 15) is 10.1 Å². The Bertz CT molecular complexity index is 605. The molecule has 2 rings (SSSR count). The third-order valence-corrected chi connectivity index (χ3v) is 3.29. The van der Waals surface area contributed by atoms with Crippen LogP contribution in [0.1, 0.15) is 5.69 Å². The minimum Gasteiger partial charge on any atom is -0.369 e. The highest BCUT2D eigenvalue weighted by atomic mass is 35.5. The Balaban J connectivity index is 2.15. The molecule has 5 nitrogen and oxygen atoms in total. The van der Waals surface area contributed by atoms with Gasteiger partial charge in [0.05, 0.1) is 4.92 Å². The number of hydrogen-bond donors (Lipinski definition) is 0. The smallest absolute Gasteiger partial charge is 0.310 e. The highest BCUT2D eigenvalue weighted by molar-refractivity contribution is 6.33. The van der Waals surface area contributed by atoms with Crippen LogP contribution in [0.2, 0.25) is 5.02 Å². The van der Waals surface area contributed by atoms with E-state index in [1.165, 1.54) is 6.07 Å². The van der Waals surface area contributed by atoms with E-state index in [0.29, 0.717) is 18.7 Å². The molecule has 2 aromatic rings. The molecule has 0 aliphatic rings. The molecule has 1 heterocycles. The van der Waals surface area contributed by atoms with Crippen molar-refractivity contribution in [1.82, 2.24) is 4.98 Å². The molecule has 0 bridgehead atoms. The van der Waals surface area contributed by atoms with Gasteiger partial charge in [0.1, 0.15) is 10.7 Å². The van der Waals surface area contributed by atoms with Crippen LogP contribution in [0.5, 0.6) is 0 Å². The number of halogens is 1. The summed E-state index contributed by atoms with van der Waals surface area (Å²) in [6.07, 6.45) is 2.44. The van der Waals surface area contributed by atoms with E-state index in [1.807, 2.05) is 30.1 Å². The van der Waals surface area contributed by atoms with Gasteiger partial charge in [0.15, 0.2) is 0 Å². The summed E-state index contributed by atoms with van der Waals surface area (Å²) in [4.78, 5) is 16.7. The van der Waals surface area contributed by atoms with Crippen LogP contribution in [0.25, 0.3) is 0 Å². The predicted molar refractivity (Wildman–Crippen MR) is 79.3 cm³/mol. The summed E-state index contributed by atoms with van der Waals surface area (Å²) in [5.41, 5.74) is 1.40. The molecule has 104 valence electrons. The lowest BCUT2D eigenvalue weighted by atomic mass is 10.2. The lowest BCUT2D eigenvalue weighted by molar-refractivity contribution is -0.384. The number of nitrogens with zero attached hydrogens (tertiary/aromatic N) is 3. The normalized spacial score (nSPS) is 10.3. The molecule has 0 unspecified atom stereocenters. The summed E-state index contributed by atoms with van der Waals surface area (Å²) in [5.74, 6) is 0. The van der Waals surface area contributed by atoms with Crippen LogP contribution in [-0.4, -0.2) is 23.5 Å². The third-order valence-electron chi connectivity index (χ3n) is 2.99. The Morgan fingerprint density at radius 3 is 2.75 bits per heavy atom. The molecule has 6 heteroatoms. The number of rotatable bonds is 5. The molecule has 0 saturated heterocycles. The molecule has 0 aliphatic heterocycles. The summed E-state index contributed by atoms with van der Waals surface area (Å²) in [5, 5.41) is 11.3. The van der Waals surface area contributed by atoms with Gasteiger partial charge in [-0.05, 0) is 24.3 Å². The highest BCUT2D eigenvalue weighted by Crippen LogP contribution is 2.34. The van der Waals surface area contributed by atoms with E-state index in [4.69, 9.17) is 11.6 Å². The number of nitro benzene ring substituents is 1. The van der Waals surface area contributed by atoms with Crippen LogP contribution in [0, 0.1) is 10.1 Å². The van der Waals surface area contributed by atoms with E-state index >= 15 is 0 Å². The first kappa shape index (κ1) is 14.3. The fourth-order valence-corrected chi connectivity index (χ4v) is 2.18. The van der Waals surface area contributed by atoms with Crippen LogP contribution < -0.4 is 4.90 Å². The van der Waals surface area contributed by atoms with Crippen molar-refractivity contribution in [2.45, 2.75) is 6.42 Å². The number of nitro groups is 1. The van der Waals surface area contributed by atoms with Gasteiger partial charge in [-0.1, -0.05) is 23.7 Å². The van der Waals surface area contributed by atoms with Crippen molar-refractivity contribution < 1.29 is 4.92 Å². The monoisotopic (exact) mass is 291 g/mol. The quantitative estimate of drug-likeness (QED) is 0.626. The van der Waals surface area contributed by atoms with Crippen LogP contribution in [-0.2, 0) is 6.42 Å². The maximum absolute atomic E-state index is 11.1. The summed E-state index contributed by atoms with van der Waals surface area (Å²) in [6.45, 7) is 0.623. The number of pyridine rings is 1. The number of benzene rings is 1. The maximum atomic E-state index is 11.1. The number of para-hydroxylation sites is 1. The first-order valence-electron chi connectivity index (χ1n) is 6.13. The molecule has 20 heavy (non-hydrogen) atoms. The van der Waals surface area contributed by atoms with Crippen LogP contribution >= 0.6 is 11.6 Å². The Morgan fingerprint density at radius 1 is 1.30 bits per heavy atom. The molecule has 0 aliphatic carbocycles. The van der Waals surface area contributed by atoms with Crippen LogP contribution in [0.4, 0.5) is 11.4 Å². The van der Waals surface area contributed by atoms with Crippen molar-refractivity contribution >= 4 is 23.0 Å². The molecule has 0 amide bonds. The molecular formula is C14H14ClN3O2. The SMILES string of the molecule is CN(CCc1ccccn1)c1cccc(Cl)c1[N+](=O)[O-]. The molecule has 0 N–H and O–H groups in total. The average molecular weight is 292 g/mol. The second-order valence-corrected chi connectivity index (χ2v) is 4.76. The topological polar surface area (TPSA) is 59.3 Å². The summed E-state index contributed by atoms with van der Waals surface area (Å²) in [6, 6.07) is 10.6. The highest BCUT2D eigenvalue weighted by Gasteiger charge is 2.20. The van der Waals surface area contributed by atoms with Gasteiger partial charge in [-0.15, -0.1) is 0 Å². The fourth-order valence-electron chi connectivity index (χ4n) is 1.94. The molecule has 1 aromatic heterocycles. The summed E-state index contributed by atoms with van der Waals surface area (Å²) >= 11 is 5.90. The Morgan fingerprint density at radius 2 is 2.10 bits per heavy atom. The molecular weight excluding hydrogens is 278 g/mol. The first-order valence-corrected chi connectivity index (χ1v) is 6.51. The second-order valence-electron chi connectivity index (χ2n) is 4.36. The first-order chi connectivity index (χ1) is 9.59. The number of aromatic nitrogens is 1. The molecule has 1 aromatic carbocycles. The Kier molecular flexibility index (Phi) is 4.53. The number of hydrogen-bond acceptors (Lipinski definition) is 4. The van der Waals surface area contributed by atoms with Crippen molar-refractivity contribution in [1.29, 1.82) is 0 Å². The van der Waals surface area contributed by atoms with Gasteiger partial charge in [-0.2, -0.15) is 0 Å². The zero-order chi connectivity index (χ0) is 14.5. The summed E-state index contributed by atoms with van der Waals surface area (Å²) in [7, 11) is 1.81. The zero-order valence-corrected chi connectivity index (χ0v) is 11.7. The van der Waals surface area contributed by atoms with Gasteiger partial charge in [-0.3, -0.25) is 15.1 Å². The van der Waals surface area contributed by atoms with Gasteiger partial charge in [0, 0.05) is 31.9 Å². The molecule has 0 spiro atoms. The van der Waals surface area contributed by atoms with Crippen molar-refractivity contribution in [3.63, 3.8) is 0 Å². The van der Waals surface area contributed by atoms with Crippen molar-refractivity contribution in [3.8, 4) is 0 Å². The molecule has 0 fully saturated rings. The Labute approximate surface area is 122 Å². The lowest BCUT2D eigenvalue weighted by Gasteiger charge is -2.19. The van der Waals surface area contributed by atoms with Gasteiger partial charge in [0.2, 0.25) is 0 Å². The summed E-state index contributed by atoms with van der Waals surface area (Å²) < 4.78 is 0. The second kappa shape index (κ2) is 6.34. The third kappa shape index (κ3) is 3.24. The van der Waals surface area contributed by atoms with Crippen molar-refractivity contribution in [3.05, 3.63) is 63.4 Å². The maximum Gasteiger partial charge on any atom is 0.310 e. The number of anilines is 1. The van der Waals surface area contributed by atoms with E-state index < -0.39 is 4.92 Å². The fraction of sp³-hybridized carbons (Fsp3) is 0.214. The minimum atomic E-state index is -0.449. The van der Waals surface area contributed by atoms with E-state index in [2.05, 4.69) is 4.98 Å². The van der Waals surface area contributed by atoms with Crippen LogP contribution in [0.15, 0.2) is 42.6 Å². The van der Waals surface area contributed by atoms with Crippen LogP contribution in [0.3, 0.4) is 0 Å². The van der Waals surface area contributed by atoms with Gasteiger partial charge in [0.25, 0.3) is 0 Å². The Hall–Kier alpha value is -2.14. The average Bonchev–Trinajstić information content (AvgIpc) is 2.45. The lowest BCUT2D eigenvalue weighted by Crippen LogP contribution is -2.21. The standard InChI is InChI=1S/C14H14ClN3O2/c1-17(10-8-11-5-2-3-9-16-11)13-7-4-6-12(15)14(13)18(19)20/h2-7,9H,8,10H2,1H3. The van der Waals surface area contributed by atoms with Crippen molar-refractivity contribution in [2.75, 3.05) is 18.5 Å². The number of likely N-dealkylation sites (N-methyl/N-ethyl adjacent to an activating group) is 1. The predicted octanol–water partition coefficient (Wildman–Crippen LogP) is 3.32. The zero-order valence-electron chi connectivity index (χ0n) is 11.0. The van der Waals surface area contributed by atoms with Gasteiger partial charge >= 0.3 is 5.69 Å². The van der Waals surface area contributed by atoms with Crippen molar-refractivity contribution in [2.24, 2.45) is 0 Å². The van der Waals surface area contributed by atoms with Gasteiger partial charge < -0.3 is 4.90 Å². The largest absolute Gasteiger partial charge is 0.369 e. The molecule has 0 radical (unpaired) electrons. The minimum absolute atomic E-state index is 0.0577. The molecule has 0 saturated carbocycles.